The smallest absolute Gasteiger partial charge is 0.0298 e. The summed E-state index contributed by atoms with van der Waals surface area (Å²) in [7, 11) is 0. The highest BCUT2D eigenvalue weighted by Crippen LogP contribution is 1.93. The summed E-state index contributed by atoms with van der Waals surface area (Å²) in [6, 6.07) is 0. The fourth-order valence-electron chi connectivity index (χ4n) is 1.05. The molecule has 2 nitrogen and oxygen atoms in total. The fraction of sp³-hybridized carbons (Fsp3) is 0.625. The van der Waals surface area contributed by atoms with Crippen LogP contribution in [0, 0.1) is 6.92 Å². The predicted octanol–water partition coefficient (Wildman–Crippen LogP) is 0.629. The van der Waals surface area contributed by atoms with Crippen molar-refractivity contribution in [2.45, 2.75) is 6.42 Å². The van der Waals surface area contributed by atoms with Gasteiger partial charge in [0.05, 0.1) is 0 Å². The molecule has 1 saturated heterocycles. The van der Waals surface area contributed by atoms with Gasteiger partial charge >= 0.3 is 0 Å². The fourth-order valence-corrected chi connectivity index (χ4v) is 1.05. The summed E-state index contributed by atoms with van der Waals surface area (Å²) in [5.41, 5.74) is 0. The van der Waals surface area contributed by atoms with E-state index in [9.17, 15) is 0 Å². The molecule has 1 radical (unpaired) electrons. The number of piperazine rings is 1. The second-order valence-electron chi connectivity index (χ2n) is 2.46. The second kappa shape index (κ2) is 4.34. The van der Waals surface area contributed by atoms with Crippen molar-refractivity contribution in [3.63, 3.8) is 0 Å². The van der Waals surface area contributed by atoms with E-state index in [-0.39, 0.29) is 0 Å². The minimum absolute atomic E-state index is 0.893. The Kier molecular flexibility index (Phi) is 3.30. The molecule has 0 amide bonds. The van der Waals surface area contributed by atoms with Crippen LogP contribution >= 0.6 is 0 Å². The summed E-state index contributed by atoms with van der Waals surface area (Å²) in [6.45, 7) is 8.24. The Bertz CT molecular complexity index is 104. The third kappa shape index (κ3) is 2.40. The molecule has 0 spiro atoms. The van der Waals surface area contributed by atoms with E-state index in [0.717, 1.165) is 32.6 Å². The molecule has 0 unspecified atom stereocenters. The molecule has 10 heavy (non-hydrogen) atoms. The summed E-state index contributed by atoms with van der Waals surface area (Å²) >= 11 is 0. The SMILES string of the molecule is [CH2]CC=CN1CCNCC1. The third-order valence-electron chi connectivity index (χ3n) is 1.63. The molecule has 0 bridgehead atoms. The van der Waals surface area contributed by atoms with Crippen LogP contribution in [0.25, 0.3) is 0 Å². The van der Waals surface area contributed by atoms with Gasteiger partial charge in [0.1, 0.15) is 0 Å². The van der Waals surface area contributed by atoms with E-state index < -0.39 is 0 Å². The molecular weight excluding hydrogens is 124 g/mol. The molecule has 57 valence electrons. The van der Waals surface area contributed by atoms with Crippen LogP contribution in [0.2, 0.25) is 0 Å². The van der Waals surface area contributed by atoms with E-state index in [1.54, 1.807) is 0 Å². The van der Waals surface area contributed by atoms with Crippen LogP contribution in [0.15, 0.2) is 12.3 Å². The summed E-state index contributed by atoms with van der Waals surface area (Å²) < 4.78 is 0. The Morgan fingerprint density at radius 2 is 2.10 bits per heavy atom. The first kappa shape index (κ1) is 7.61. The number of nitrogens with one attached hydrogen (secondary N) is 1. The Morgan fingerprint density at radius 3 is 2.70 bits per heavy atom. The average molecular weight is 139 g/mol. The summed E-state index contributed by atoms with van der Waals surface area (Å²) in [5.74, 6) is 0. The zero-order valence-electron chi connectivity index (χ0n) is 6.34. The zero-order valence-corrected chi connectivity index (χ0v) is 6.34. The number of nitrogens with zero attached hydrogens (tertiary/aromatic N) is 1. The van der Waals surface area contributed by atoms with Gasteiger partial charge in [0, 0.05) is 26.2 Å². The maximum atomic E-state index is 3.74. The highest BCUT2D eigenvalue weighted by molar-refractivity contribution is 4.85. The van der Waals surface area contributed by atoms with Crippen molar-refractivity contribution in [1.29, 1.82) is 0 Å². The van der Waals surface area contributed by atoms with Crippen LogP contribution < -0.4 is 5.32 Å². The van der Waals surface area contributed by atoms with E-state index in [4.69, 9.17) is 0 Å². The molecule has 0 aliphatic carbocycles. The molecule has 1 heterocycles. The third-order valence-corrected chi connectivity index (χ3v) is 1.63. The van der Waals surface area contributed by atoms with Crippen molar-refractivity contribution in [3.8, 4) is 0 Å². The second-order valence-corrected chi connectivity index (χ2v) is 2.46. The number of allylic oxidation sites excluding steroid dienone is 1. The minimum Gasteiger partial charge on any atom is -0.375 e. The van der Waals surface area contributed by atoms with Gasteiger partial charge in [-0.25, -0.2) is 0 Å². The largest absolute Gasteiger partial charge is 0.375 e. The Labute approximate surface area is 62.9 Å². The van der Waals surface area contributed by atoms with Crippen molar-refractivity contribution < 1.29 is 0 Å². The van der Waals surface area contributed by atoms with Crippen LogP contribution in [0.4, 0.5) is 0 Å². The van der Waals surface area contributed by atoms with Gasteiger partial charge in [-0.3, -0.25) is 0 Å². The standard InChI is InChI=1S/C8H15N2/c1-2-3-6-10-7-4-9-5-8-10/h3,6,9H,1-2,4-5,7-8H2. The lowest BCUT2D eigenvalue weighted by atomic mass is 10.4. The van der Waals surface area contributed by atoms with Crippen LogP contribution in [-0.4, -0.2) is 31.1 Å². The van der Waals surface area contributed by atoms with Crippen molar-refractivity contribution in [2.75, 3.05) is 26.2 Å². The summed E-state index contributed by atoms with van der Waals surface area (Å²) in [4.78, 5) is 2.32. The van der Waals surface area contributed by atoms with Gasteiger partial charge in [-0.15, -0.1) is 0 Å². The van der Waals surface area contributed by atoms with Crippen molar-refractivity contribution in [1.82, 2.24) is 10.2 Å². The van der Waals surface area contributed by atoms with E-state index in [1.807, 2.05) is 0 Å². The van der Waals surface area contributed by atoms with Crippen molar-refractivity contribution in [3.05, 3.63) is 19.2 Å². The van der Waals surface area contributed by atoms with Gasteiger partial charge < -0.3 is 10.2 Å². The molecule has 1 aliphatic heterocycles. The first-order valence-corrected chi connectivity index (χ1v) is 3.84. The van der Waals surface area contributed by atoms with Gasteiger partial charge in [-0.2, -0.15) is 0 Å². The summed E-state index contributed by atoms with van der Waals surface area (Å²) in [6.07, 6.45) is 5.14. The van der Waals surface area contributed by atoms with Gasteiger partial charge in [-0.1, -0.05) is 6.08 Å². The monoisotopic (exact) mass is 139 g/mol. The van der Waals surface area contributed by atoms with Gasteiger partial charge in [0.15, 0.2) is 0 Å². The predicted molar refractivity (Wildman–Crippen MR) is 43.6 cm³/mol. The summed E-state index contributed by atoms with van der Waals surface area (Å²) in [5, 5.41) is 3.30. The van der Waals surface area contributed by atoms with Crippen LogP contribution in [0.3, 0.4) is 0 Å². The molecule has 1 aliphatic rings. The molecule has 0 aromatic carbocycles. The minimum atomic E-state index is 0.893. The first-order chi connectivity index (χ1) is 4.93. The highest BCUT2D eigenvalue weighted by Gasteiger charge is 2.02. The van der Waals surface area contributed by atoms with E-state index in [0.29, 0.717) is 0 Å². The van der Waals surface area contributed by atoms with Crippen LogP contribution in [-0.2, 0) is 0 Å². The first-order valence-electron chi connectivity index (χ1n) is 3.84. The van der Waals surface area contributed by atoms with Crippen LogP contribution in [0.1, 0.15) is 6.42 Å². The Morgan fingerprint density at radius 1 is 1.40 bits per heavy atom. The number of hydrogen-bond acceptors (Lipinski definition) is 2. The van der Waals surface area contributed by atoms with Crippen molar-refractivity contribution in [2.24, 2.45) is 0 Å². The average Bonchev–Trinajstić information content (AvgIpc) is 2.03. The molecule has 1 rings (SSSR count). The lowest BCUT2D eigenvalue weighted by Gasteiger charge is -2.25. The molecular formula is C8H15N2. The molecule has 1 fully saturated rings. The lowest BCUT2D eigenvalue weighted by molar-refractivity contribution is 0.323. The van der Waals surface area contributed by atoms with Crippen LogP contribution in [0.5, 0.6) is 0 Å². The normalized spacial score (nSPS) is 20.3. The number of rotatable bonds is 2. The van der Waals surface area contributed by atoms with Gasteiger partial charge in [0.2, 0.25) is 0 Å². The Balaban J connectivity index is 2.19. The topological polar surface area (TPSA) is 15.3 Å². The maximum Gasteiger partial charge on any atom is 0.0298 e. The van der Waals surface area contributed by atoms with Crippen molar-refractivity contribution >= 4 is 0 Å². The Hall–Kier alpha value is -0.500. The quantitative estimate of drug-likeness (QED) is 0.603. The van der Waals surface area contributed by atoms with Gasteiger partial charge in [0.25, 0.3) is 0 Å². The molecule has 0 aromatic rings. The lowest BCUT2D eigenvalue weighted by Crippen LogP contribution is -2.40. The zero-order chi connectivity index (χ0) is 7.23. The van der Waals surface area contributed by atoms with Gasteiger partial charge in [-0.05, 0) is 19.5 Å². The molecule has 0 atom stereocenters. The molecule has 0 saturated carbocycles. The van der Waals surface area contributed by atoms with E-state index in [1.165, 1.54) is 0 Å². The molecule has 0 aromatic heterocycles. The molecule has 1 N–H and O–H groups in total. The van der Waals surface area contributed by atoms with E-state index >= 15 is 0 Å². The number of hydrogen-bond donors (Lipinski definition) is 1. The van der Waals surface area contributed by atoms with E-state index in [2.05, 4.69) is 29.4 Å². The maximum absolute atomic E-state index is 3.74. The molecule has 2 heteroatoms. The highest BCUT2D eigenvalue weighted by atomic mass is 15.2.